The van der Waals surface area contributed by atoms with Gasteiger partial charge in [-0.05, 0) is 31.2 Å². The average molecular weight is 242 g/mol. The van der Waals surface area contributed by atoms with Crippen LogP contribution < -0.4 is 5.73 Å². The van der Waals surface area contributed by atoms with Crippen molar-refractivity contribution in [3.8, 4) is 0 Å². The summed E-state index contributed by atoms with van der Waals surface area (Å²) < 4.78 is 0. The molecule has 1 aliphatic heterocycles. The van der Waals surface area contributed by atoms with Crippen molar-refractivity contribution < 1.29 is 14.7 Å². The highest BCUT2D eigenvalue weighted by atomic mass is 16.4. The Morgan fingerprint density at radius 2 is 2.18 bits per heavy atom. The normalized spacial score (nSPS) is 25.9. The average Bonchev–Trinajstić information content (AvgIpc) is 2.67. The van der Waals surface area contributed by atoms with Gasteiger partial charge in [0.15, 0.2) is 0 Å². The fourth-order valence-corrected chi connectivity index (χ4v) is 2.23. The molecule has 3 unspecified atom stereocenters. The SMILES string of the molecule is CC(CN)CCC(=O)N1CCC(C)C1C(=O)O. The Bertz CT molecular complexity index is 293. The third-order valence-corrected chi connectivity index (χ3v) is 3.53. The quantitative estimate of drug-likeness (QED) is 0.742. The molecule has 5 nitrogen and oxygen atoms in total. The Morgan fingerprint density at radius 3 is 2.71 bits per heavy atom. The number of carboxylic acids is 1. The Labute approximate surface area is 102 Å². The summed E-state index contributed by atoms with van der Waals surface area (Å²) in [6.45, 7) is 5.00. The minimum Gasteiger partial charge on any atom is -0.480 e. The van der Waals surface area contributed by atoms with E-state index in [1.165, 1.54) is 4.90 Å². The van der Waals surface area contributed by atoms with E-state index < -0.39 is 12.0 Å². The maximum absolute atomic E-state index is 11.9. The van der Waals surface area contributed by atoms with Crippen molar-refractivity contribution >= 4 is 11.9 Å². The van der Waals surface area contributed by atoms with Crippen LogP contribution in [0.5, 0.6) is 0 Å². The van der Waals surface area contributed by atoms with Gasteiger partial charge in [-0.15, -0.1) is 0 Å². The minimum atomic E-state index is -0.893. The molecule has 0 spiro atoms. The molecule has 3 atom stereocenters. The summed E-state index contributed by atoms with van der Waals surface area (Å²) in [5.74, 6) is -0.595. The lowest BCUT2D eigenvalue weighted by atomic mass is 10.0. The fourth-order valence-electron chi connectivity index (χ4n) is 2.23. The van der Waals surface area contributed by atoms with E-state index in [-0.39, 0.29) is 11.8 Å². The van der Waals surface area contributed by atoms with Gasteiger partial charge in [-0.2, -0.15) is 0 Å². The van der Waals surface area contributed by atoms with Gasteiger partial charge < -0.3 is 15.7 Å². The molecule has 1 amide bonds. The summed E-state index contributed by atoms with van der Waals surface area (Å²) >= 11 is 0. The number of rotatable bonds is 5. The van der Waals surface area contributed by atoms with Crippen molar-refractivity contribution in [2.45, 2.75) is 39.2 Å². The van der Waals surface area contributed by atoms with Gasteiger partial charge >= 0.3 is 5.97 Å². The number of carboxylic acid groups (broad SMARTS) is 1. The highest BCUT2D eigenvalue weighted by Crippen LogP contribution is 2.25. The van der Waals surface area contributed by atoms with Gasteiger partial charge in [0.1, 0.15) is 6.04 Å². The van der Waals surface area contributed by atoms with Crippen molar-refractivity contribution in [3.63, 3.8) is 0 Å². The van der Waals surface area contributed by atoms with Crippen LogP contribution in [0.3, 0.4) is 0 Å². The largest absolute Gasteiger partial charge is 0.480 e. The summed E-state index contributed by atoms with van der Waals surface area (Å²) in [4.78, 5) is 24.6. The van der Waals surface area contributed by atoms with E-state index in [9.17, 15) is 9.59 Å². The third-order valence-electron chi connectivity index (χ3n) is 3.53. The first-order valence-electron chi connectivity index (χ1n) is 6.19. The number of likely N-dealkylation sites (tertiary alicyclic amines) is 1. The van der Waals surface area contributed by atoms with E-state index in [1.54, 1.807) is 0 Å². The minimum absolute atomic E-state index is 0.0448. The number of hydrogen-bond acceptors (Lipinski definition) is 3. The first-order chi connectivity index (χ1) is 7.97. The summed E-state index contributed by atoms with van der Waals surface area (Å²) in [6, 6.07) is -0.643. The van der Waals surface area contributed by atoms with Gasteiger partial charge in [0, 0.05) is 13.0 Å². The van der Waals surface area contributed by atoms with Gasteiger partial charge in [-0.3, -0.25) is 4.79 Å². The molecule has 0 saturated carbocycles. The molecule has 17 heavy (non-hydrogen) atoms. The van der Waals surface area contributed by atoms with Crippen molar-refractivity contribution in [1.29, 1.82) is 0 Å². The zero-order chi connectivity index (χ0) is 13.0. The number of nitrogens with zero attached hydrogens (tertiary/aromatic N) is 1. The number of amides is 1. The molecule has 0 radical (unpaired) electrons. The third kappa shape index (κ3) is 3.43. The summed E-state index contributed by atoms with van der Waals surface area (Å²) in [7, 11) is 0. The molecule has 0 bridgehead atoms. The maximum Gasteiger partial charge on any atom is 0.326 e. The standard InChI is InChI=1S/C12H22N2O3/c1-8(7-13)3-4-10(15)14-6-5-9(2)11(14)12(16)17/h8-9,11H,3-7,13H2,1-2H3,(H,16,17). The number of carbonyl (C=O) groups is 2. The Morgan fingerprint density at radius 1 is 1.53 bits per heavy atom. The van der Waals surface area contributed by atoms with E-state index in [1.807, 2.05) is 13.8 Å². The molecule has 0 aliphatic carbocycles. The van der Waals surface area contributed by atoms with Crippen LogP contribution in [-0.4, -0.2) is 41.0 Å². The van der Waals surface area contributed by atoms with Crippen molar-refractivity contribution in [2.75, 3.05) is 13.1 Å². The van der Waals surface area contributed by atoms with Crippen LogP contribution >= 0.6 is 0 Å². The monoisotopic (exact) mass is 242 g/mol. The van der Waals surface area contributed by atoms with E-state index in [0.29, 0.717) is 25.4 Å². The van der Waals surface area contributed by atoms with Crippen LogP contribution in [0.25, 0.3) is 0 Å². The number of carbonyl (C=O) groups excluding carboxylic acids is 1. The fraction of sp³-hybridized carbons (Fsp3) is 0.833. The lowest BCUT2D eigenvalue weighted by molar-refractivity contribution is -0.149. The molecule has 1 aliphatic rings. The van der Waals surface area contributed by atoms with Crippen molar-refractivity contribution in [3.05, 3.63) is 0 Å². The summed E-state index contributed by atoms with van der Waals surface area (Å²) in [5, 5.41) is 9.11. The molecule has 1 fully saturated rings. The van der Waals surface area contributed by atoms with Gasteiger partial charge in [-0.25, -0.2) is 4.79 Å². The van der Waals surface area contributed by atoms with Gasteiger partial charge in [-0.1, -0.05) is 13.8 Å². The first-order valence-corrected chi connectivity index (χ1v) is 6.19. The second-order valence-electron chi connectivity index (χ2n) is 5.02. The number of hydrogen-bond donors (Lipinski definition) is 2. The zero-order valence-electron chi connectivity index (χ0n) is 10.6. The molecule has 0 aromatic carbocycles. The summed E-state index contributed by atoms with van der Waals surface area (Å²) in [5.41, 5.74) is 5.49. The molecule has 1 saturated heterocycles. The molecule has 5 heteroatoms. The zero-order valence-corrected chi connectivity index (χ0v) is 10.6. The van der Waals surface area contributed by atoms with Crippen LogP contribution in [0.4, 0.5) is 0 Å². The molecule has 98 valence electrons. The second kappa shape index (κ2) is 6.00. The van der Waals surface area contributed by atoms with Crippen molar-refractivity contribution in [2.24, 2.45) is 17.6 Å². The Hall–Kier alpha value is -1.10. The molecule has 0 aromatic heterocycles. The first kappa shape index (κ1) is 14.0. The highest BCUT2D eigenvalue weighted by Gasteiger charge is 2.39. The van der Waals surface area contributed by atoms with Crippen LogP contribution in [0.2, 0.25) is 0 Å². The predicted octanol–water partition coefficient (Wildman–Crippen LogP) is 0.683. The van der Waals surface area contributed by atoms with E-state index >= 15 is 0 Å². The lowest BCUT2D eigenvalue weighted by Gasteiger charge is -2.23. The smallest absolute Gasteiger partial charge is 0.326 e. The topological polar surface area (TPSA) is 83.6 Å². The maximum atomic E-state index is 11.9. The van der Waals surface area contributed by atoms with E-state index in [2.05, 4.69) is 0 Å². The summed E-state index contributed by atoms with van der Waals surface area (Å²) in [6.07, 6.45) is 1.90. The van der Waals surface area contributed by atoms with E-state index in [4.69, 9.17) is 10.8 Å². The van der Waals surface area contributed by atoms with Crippen LogP contribution in [0.15, 0.2) is 0 Å². The molecule has 1 heterocycles. The molecular formula is C12H22N2O3. The van der Waals surface area contributed by atoms with Crippen molar-refractivity contribution in [1.82, 2.24) is 4.90 Å². The predicted molar refractivity (Wildman–Crippen MR) is 64.4 cm³/mol. The molecule has 0 aromatic rings. The van der Waals surface area contributed by atoms with Gasteiger partial charge in [0.05, 0.1) is 0 Å². The van der Waals surface area contributed by atoms with E-state index in [0.717, 1.165) is 12.8 Å². The molecule has 1 rings (SSSR count). The molecular weight excluding hydrogens is 220 g/mol. The van der Waals surface area contributed by atoms with Crippen LogP contribution in [0, 0.1) is 11.8 Å². The lowest BCUT2D eigenvalue weighted by Crippen LogP contribution is -2.42. The Balaban J connectivity index is 2.54. The Kier molecular flexibility index (Phi) is 4.93. The number of nitrogens with two attached hydrogens (primary N) is 1. The van der Waals surface area contributed by atoms with Gasteiger partial charge in [0.25, 0.3) is 0 Å². The van der Waals surface area contributed by atoms with Gasteiger partial charge in [0.2, 0.25) is 5.91 Å². The molecule has 3 N–H and O–H groups in total. The van der Waals surface area contributed by atoms with Crippen LogP contribution in [-0.2, 0) is 9.59 Å². The second-order valence-corrected chi connectivity index (χ2v) is 5.02. The number of aliphatic carboxylic acids is 1. The highest BCUT2D eigenvalue weighted by molar-refractivity contribution is 5.84. The van der Waals surface area contributed by atoms with Crippen LogP contribution in [0.1, 0.15) is 33.1 Å².